The number of aromatic nitrogens is 2. The van der Waals surface area contributed by atoms with E-state index in [-0.39, 0.29) is 11.5 Å². The standard InChI is InChI=1S/C11H12N2O2/c1-6-4-9-10(5-8(6)7(2)14)13(3)11(15)12-9/h4-5H,1-3H3,(H,12,15). The molecule has 15 heavy (non-hydrogen) atoms. The van der Waals surface area contributed by atoms with Gasteiger partial charge in [0.15, 0.2) is 5.78 Å². The van der Waals surface area contributed by atoms with E-state index in [1.54, 1.807) is 13.1 Å². The Balaban J connectivity index is 2.89. The molecule has 2 aromatic rings. The summed E-state index contributed by atoms with van der Waals surface area (Å²) < 4.78 is 1.50. The summed E-state index contributed by atoms with van der Waals surface area (Å²) in [5.74, 6) is 0.0167. The van der Waals surface area contributed by atoms with Crippen molar-refractivity contribution in [2.45, 2.75) is 13.8 Å². The van der Waals surface area contributed by atoms with E-state index < -0.39 is 0 Å². The summed E-state index contributed by atoms with van der Waals surface area (Å²) in [5, 5.41) is 0. The number of imidazole rings is 1. The number of fused-ring (bicyclic) bond motifs is 1. The van der Waals surface area contributed by atoms with Gasteiger partial charge in [-0.2, -0.15) is 0 Å². The lowest BCUT2D eigenvalue weighted by Crippen LogP contribution is -2.11. The highest BCUT2D eigenvalue weighted by molar-refractivity contribution is 5.98. The summed E-state index contributed by atoms with van der Waals surface area (Å²) in [7, 11) is 1.68. The van der Waals surface area contributed by atoms with Crippen LogP contribution < -0.4 is 5.69 Å². The molecule has 4 nitrogen and oxygen atoms in total. The van der Waals surface area contributed by atoms with Crippen LogP contribution in [0.5, 0.6) is 0 Å². The topological polar surface area (TPSA) is 54.9 Å². The molecule has 0 spiro atoms. The quantitative estimate of drug-likeness (QED) is 0.713. The molecular formula is C11H12N2O2. The number of nitrogens with one attached hydrogen (secondary N) is 1. The summed E-state index contributed by atoms with van der Waals surface area (Å²) >= 11 is 0. The molecule has 1 aromatic heterocycles. The van der Waals surface area contributed by atoms with E-state index >= 15 is 0 Å². The Hall–Kier alpha value is -1.84. The molecular weight excluding hydrogens is 192 g/mol. The van der Waals surface area contributed by atoms with Crippen molar-refractivity contribution in [2.24, 2.45) is 7.05 Å². The Morgan fingerprint density at radius 2 is 2.07 bits per heavy atom. The predicted molar refractivity (Wildman–Crippen MR) is 58.3 cm³/mol. The van der Waals surface area contributed by atoms with Crippen LogP contribution >= 0.6 is 0 Å². The minimum atomic E-state index is -0.162. The smallest absolute Gasteiger partial charge is 0.306 e. The number of nitrogens with zero attached hydrogens (tertiary/aromatic N) is 1. The van der Waals surface area contributed by atoms with E-state index in [1.807, 2.05) is 13.0 Å². The molecule has 0 bridgehead atoms. The zero-order valence-electron chi connectivity index (χ0n) is 8.92. The Bertz CT molecular complexity index is 605. The Labute approximate surface area is 86.5 Å². The lowest BCUT2D eigenvalue weighted by Gasteiger charge is -2.02. The molecule has 0 saturated carbocycles. The largest absolute Gasteiger partial charge is 0.326 e. The fourth-order valence-corrected chi connectivity index (χ4v) is 1.76. The highest BCUT2D eigenvalue weighted by atomic mass is 16.1. The van der Waals surface area contributed by atoms with Gasteiger partial charge in [-0.15, -0.1) is 0 Å². The molecule has 0 aliphatic carbocycles. The highest BCUT2D eigenvalue weighted by Gasteiger charge is 2.09. The van der Waals surface area contributed by atoms with Gasteiger partial charge in [0, 0.05) is 12.6 Å². The third kappa shape index (κ3) is 1.38. The van der Waals surface area contributed by atoms with Crippen LogP contribution in [0.4, 0.5) is 0 Å². The van der Waals surface area contributed by atoms with Crippen molar-refractivity contribution < 1.29 is 4.79 Å². The summed E-state index contributed by atoms with van der Waals surface area (Å²) in [5.41, 5.74) is 2.92. The second-order valence-electron chi connectivity index (χ2n) is 3.73. The molecule has 2 rings (SSSR count). The van der Waals surface area contributed by atoms with Gasteiger partial charge in [0.05, 0.1) is 11.0 Å². The lowest BCUT2D eigenvalue weighted by atomic mass is 10.0. The summed E-state index contributed by atoms with van der Waals surface area (Å²) in [6.07, 6.45) is 0. The van der Waals surface area contributed by atoms with Crippen molar-refractivity contribution in [2.75, 3.05) is 0 Å². The minimum absolute atomic E-state index is 0.0167. The first kappa shape index (κ1) is 9.71. The van der Waals surface area contributed by atoms with Crippen molar-refractivity contribution in [1.82, 2.24) is 9.55 Å². The molecule has 1 aromatic carbocycles. The van der Waals surface area contributed by atoms with E-state index in [0.717, 1.165) is 16.6 Å². The van der Waals surface area contributed by atoms with E-state index in [2.05, 4.69) is 4.98 Å². The van der Waals surface area contributed by atoms with Crippen LogP contribution in [0, 0.1) is 6.92 Å². The maximum Gasteiger partial charge on any atom is 0.326 e. The summed E-state index contributed by atoms with van der Waals surface area (Å²) in [6, 6.07) is 3.58. The predicted octanol–water partition coefficient (Wildman–Crippen LogP) is 1.38. The number of Topliss-reactive ketones (excluding diaryl/α,β-unsaturated/α-hetero) is 1. The zero-order chi connectivity index (χ0) is 11.2. The van der Waals surface area contributed by atoms with Gasteiger partial charge in [-0.25, -0.2) is 4.79 Å². The van der Waals surface area contributed by atoms with Crippen LogP contribution in [-0.2, 0) is 7.05 Å². The maximum absolute atomic E-state index is 11.4. The molecule has 0 radical (unpaired) electrons. The average Bonchev–Trinajstić information content (AvgIpc) is 2.41. The fraction of sp³-hybridized carbons (Fsp3) is 0.273. The number of aryl methyl sites for hydroxylation is 2. The average molecular weight is 204 g/mol. The van der Waals surface area contributed by atoms with Crippen molar-refractivity contribution >= 4 is 16.8 Å². The van der Waals surface area contributed by atoms with Crippen LogP contribution in [0.15, 0.2) is 16.9 Å². The zero-order valence-corrected chi connectivity index (χ0v) is 8.92. The van der Waals surface area contributed by atoms with E-state index in [1.165, 1.54) is 11.5 Å². The first-order valence-corrected chi connectivity index (χ1v) is 4.71. The number of hydrogen-bond donors (Lipinski definition) is 1. The van der Waals surface area contributed by atoms with Gasteiger partial charge in [-0.1, -0.05) is 0 Å². The molecule has 0 fully saturated rings. The molecule has 0 amide bonds. The first-order chi connectivity index (χ1) is 7.00. The molecule has 78 valence electrons. The Kier molecular flexibility index (Phi) is 2.00. The SMILES string of the molecule is CC(=O)c1cc2c(cc1C)[nH]c(=O)n2C. The summed E-state index contributed by atoms with van der Waals surface area (Å²) in [4.78, 5) is 25.4. The minimum Gasteiger partial charge on any atom is -0.306 e. The van der Waals surface area contributed by atoms with E-state index in [9.17, 15) is 9.59 Å². The van der Waals surface area contributed by atoms with Crippen molar-refractivity contribution in [3.8, 4) is 0 Å². The number of benzene rings is 1. The Morgan fingerprint density at radius 1 is 1.40 bits per heavy atom. The van der Waals surface area contributed by atoms with Crippen LogP contribution in [0.3, 0.4) is 0 Å². The van der Waals surface area contributed by atoms with Crippen LogP contribution in [0.25, 0.3) is 11.0 Å². The third-order valence-electron chi connectivity index (χ3n) is 2.63. The number of aromatic amines is 1. The molecule has 0 aliphatic rings. The van der Waals surface area contributed by atoms with Gasteiger partial charge < -0.3 is 4.98 Å². The fourth-order valence-electron chi connectivity index (χ4n) is 1.76. The monoisotopic (exact) mass is 204 g/mol. The van der Waals surface area contributed by atoms with Gasteiger partial charge >= 0.3 is 5.69 Å². The highest BCUT2D eigenvalue weighted by Crippen LogP contribution is 2.17. The molecule has 0 saturated heterocycles. The van der Waals surface area contributed by atoms with Gasteiger partial charge in [0.2, 0.25) is 0 Å². The van der Waals surface area contributed by atoms with Crippen LogP contribution in [0.1, 0.15) is 22.8 Å². The van der Waals surface area contributed by atoms with Gasteiger partial charge in [-0.3, -0.25) is 9.36 Å². The number of hydrogen-bond acceptors (Lipinski definition) is 2. The van der Waals surface area contributed by atoms with Crippen molar-refractivity contribution in [3.63, 3.8) is 0 Å². The van der Waals surface area contributed by atoms with Gasteiger partial charge in [0.25, 0.3) is 0 Å². The van der Waals surface area contributed by atoms with E-state index in [4.69, 9.17) is 0 Å². The normalized spacial score (nSPS) is 10.9. The molecule has 1 N–H and O–H groups in total. The molecule has 4 heteroatoms. The number of H-pyrrole nitrogens is 1. The number of carbonyl (C=O) groups is 1. The number of rotatable bonds is 1. The first-order valence-electron chi connectivity index (χ1n) is 4.71. The lowest BCUT2D eigenvalue weighted by molar-refractivity contribution is 0.101. The second kappa shape index (κ2) is 3.08. The van der Waals surface area contributed by atoms with Crippen LogP contribution in [-0.4, -0.2) is 15.3 Å². The second-order valence-corrected chi connectivity index (χ2v) is 3.73. The number of ketones is 1. The van der Waals surface area contributed by atoms with Gasteiger partial charge in [0.1, 0.15) is 0 Å². The molecule has 0 aliphatic heterocycles. The Morgan fingerprint density at radius 3 is 2.67 bits per heavy atom. The van der Waals surface area contributed by atoms with E-state index in [0.29, 0.717) is 5.56 Å². The maximum atomic E-state index is 11.4. The molecule has 0 atom stereocenters. The molecule has 1 heterocycles. The molecule has 0 unspecified atom stereocenters. The van der Waals surface area contributed by atoms with Crippen molar-refractivity contribution in [1.29, 1.82) is 0 Å². The van der Waals surface area contributed by atoms with Gasteiger partial charge in [-0.05, 0) is 31.5 Å². The third-order valence-corrected chi connectivity index (χ3v) is 2.63. The summed E-state index contributed by atoms with van der Waals surface area (Å²) in [6.45, 7) is 3.39. The van der Waals surface area contributed by atoms with Crippen LogP contribution in [0.2, 0.25) is 0 Å². The number of carbonyl (C=O) groups excluding carboxylic acids is 1. The van der Waals surface area contributed by atoms with Crippen molar-refractivity contribution in [3.05, 3.63) is 33.7 Å².